The first kappa shape index (κ1) is 21.2. The van der Waals surface area contributed by atoms with E-state index in [1.54, 1.807) is 0 Å². The van der Waals surface area contributed by atoms with Crippen molar-refractivity contribution in [3.05, 3.63) is 0 Å². The van der Waals surface area contributed by atoms with Crippen LogP contribution in [-0.2, 0) is 4.79 Å². The van der Waals surface area contributed by atoms with Gasteiger partial charge in [-0.3, -0.25) is 15.6 Å². The monoisotopic (exact) mass is 304 g/mol. The molecular weight excluding hydrogens is 276 g/mol. The van der Waals surface area contributed by atoms with E-state index in [-0.39, 0.29) is 11.9 Å². The number of nitrogens with two attached hydrogens (primary N) is 4. The lowest BCUT2D eigenvalue weighted by Crippen LogP contribution is -2.34. The van der Waals surface area contributed by atoms with Crippen molar-refractivity contribution in [2.24, 2.45) is 22.9 Å². The smallest absolute Gasteiger partial charge is 0.320 e. The van der Waals surface area contributed by atoms with Crippen LogP contribution in [0.15, 0.2) is 0 Å². The van der Waals surface area contributed by atoms with Crippen LogP contribution >= 0.6 is 0 Å². The van der Waals surface area contributed by atoms with Crippen LogP contribution in [0.4, 0.5) is 0 Å². The molecular formula is C11H28N8O2. The van der Waals surface area contributed by atoms with Crippen LogP contribution in [0.2, 0.25) is 0 Å². The van der Waals surface area contributed by atoms with E-state index < -0.39 is 12.0 Å². The minimum atomic E-state index is -1.00. The van der Waals surface area contributed by atoms with E-state index in [1.165, 1.54) is 0 Å². The Balaban J connectivity index is 0. The second-order valence-corrected chi connectivity index (χ2v) is 4.26. The Hall–Kier alpha value is -2.07. The molecule has 10 heteroatoms. The van der Waals surface area contributed by atoms with Crippen LogP contribution < -0.4 is 33.6 Å². The van der Waals surface area contributed by atoms with Gasteiger partial charge in [0.05, 0.1) is 0 Å². The minimum Gasteiger partial charge on any atom is -0.480 e. The molecule has 0 heterocycles. The molecule has 0 amide bonds. The SMILES string of the molecule is N=C(N)NCCCC(N)C(=O)O.N=C(N)NCCCCN. The van der Waals surface area contributed by atoms with Crippen molar-refractivity contribution < 1.29 is 9.90 Å². The molecule has 13 N–H and O–H groups in total. The molecule has 124 valence electrons. The molecule has 0 aliphatic heterocycles. The van der Waals surface area contributed by atoms with Gasteiger partial charge in [-0.05, 0) is 32.2 Å². The van der Waals surface area contributed by atoms with Crippen LogP contribution in [0.25, 0.3) is 0 Å². The van der Waals surface area contributed by atoms with Gasteiger partial charge in [0.2, 0.25) is 0 Å². The van der Waals surface area contributed by atoms with Crippen LogP contribution in [-0.4, -0.2) is 48.7 Å². The first-order valence-electron chi connectivity index (χ1n) is 6.65. The van der Waals surface area contributed by atoms with Crippen molar-refractivity contribution in [3.63, 3.8) is 0 Å². The zero-order valence-electron chi connectivity index (χ0n) is 12.2. The summed E-state index contributed by atoms with van der Waals surface area (Å²) in [7, 11) is 0. The number of nitrogens with one attached hydrogen (secondary N) is 4. The average Bonchev–Trinajstić information content (AvgIpc) is 2.39. The third-order valence-corrected chi connectivity index (χ3v) is 2.27. The summed E-state index contributed by atoms with van der Waals surface area (Å²) in [6.45, 7) is 1.95. The van der Waals surface area contributed by atoms with Gasteiger partial charge in [0, 0.05) is 13.1 Å². The number of carboxylic acid groups (broad SMARTS) is 1. The topological polar surface area (TPSA) is 213 Å². The quantitative estimate of drug-likeness (QED) is 0.130. The third-order valence-electron chi connectivity index (χ3n) is 2.27. The van der Waals surface area contributed by atoms with Gasteiger partial charge in [-0.25, -0.2) is 0 Å². The first-order chi connectivity index (χ1) is 9.81. The number of carbonyl (C=O) groups is 1. The van der Waals surface area contributed by atoms with Gasteiger partial charge < -0.3 is 38.7 Å². The van der Waals surface area contributed by atoms with Gasteiger partial charge in [0.15, 0.2) is 11.9 Å². The molecule has 0 saturated heterocycles. The van der Waals surface area contributed by atoms with Crippen molar-refractivity contribution in [2.75, 3.05) is 19.6 Å². The number of aliphatic carboxylic acids is 1. The van der Waals surface area contributed by atoms with E-state index in [2.05, 4.69) is 10.6 Å². The highest BCUT2D eigenvalue weighted by Gasteiger charge is 2.09. The number of guanidine groups is 2. The molecule has 0 fully saturated rings. The summed E-state index contributed by atoms with van der Waals surface area (Å²) in [5, 5.41) is 27.2. The fourth-order valence-electron chi connectivity index (χ4n) is 1.16. The summed E-state index contributed by atoms with van der Waals surface area (Å²) >= 11 is 0. The van der Waals surface area contributed by atoms with Gasteiger partial charge >= 0.3 is 5.97 Å². The molecule has 10 nitrogen and oxygen atoms in total. The first-order valence-corrected chi connectivity index (χ1v) is 6.65. The van der Waals surface area contributed by atoms with Gasteiger partial charge in [0.1, 0.15) is 6.04 Å². The number of unbranched alkanes of at least 4 members (excludes halogenated alkanes) is 1. The highest BCUT2D eigenvalue weighted by molar-refractivity contribution is 5.74. The van der Waals surface area contributed by atoms with Crippen molar-refractivity contribution in [1.82, 2.24) is 10.6 Å². The molecule has 1 atom stereocenters. The third kappa shape index (κ3) is 20.4. The standard InChI is InChI=1S/C6H14N4O2.C5H14N4/c7-4(5(11)12)2-1-3-10-6(8)9;6-3-1-2-4-9-5(7)8/h4H,1-3,7H2,(H,11,12)(H4,8,9,10);1-4,6H2,(H4,7,8,9). The normalized spacial score (nSPS) is 10.8. The summed E-state index contributed by atoms with van der Waals surface area (Å²) in [5.74, 6) is -1.08. The summed E-state index contributed by atoms with van der Waals surface area (Å²) in [6.07, 6.45) is 2.94. The lowest BCUT2D eigenvalue weighted by atomic mass is 10.2. The zero-order valence-corrected chi connectivity index (χ0v) is 12.2. The van der Waals surface area contributed by atoms with Crippen molar-refractivity contribution in [1.29, 1.82) is 10.8 Å². The second kappa shape index (κ2) is 14.3. The highest BCUT2D eigenvalue weighted by atomic mass is 16.4. The highest BCUT2D eigenvalue weighted by Crippen LogP contribution is 1.92. The molecule has 0 radical (unpaired) electrons. The maximum atomic E-state index is 10.2. The fraction of sp³-hybridized carbons (Fsp3) is 0.727. The summed E-state index contributed by atoms with van der Waals surface area (Å²) in [4.78, 5) is 10.2. The molecule has 1 unspecified atom stereocenters. The van der Waals surface area contributed by atoms with E-state index in [0.29, 0.717) is 25.9 Å². The number of carboxylic acids is 1. The Morgan fingerprint density at radius 1 is 1.05 bits per heavy atom. The van der Waals surface area contributed by atoms with E-state index in [0.717, 1.165) is 19.4 Å². The van der Waals surface area contributed by atoms with Crippen molar-refractivity contribution in [3.8, 4) is 0 Å². The molecule has 0 aliphatic rings. The Kier molecular flexibility index (Phi) is 14.5. The van der Waals surface area contributed by atoms with E-state index in [1.807, 2.05) is 0 Å². The Morgan fingerprint density at radius 3 is 1.90 bits per heavy atom. The Labute approximate surface area is 124 Å². The lowest BCUT2D eigenvalue weighted by Gasteiger charge is -2.06. The Morgan fingerprint density at radius 2 is 1.52 bits per heavy atom. The average molecular weight is 304 g/mol. The predicted octanol–water partition coefficient (Wildman–Crippen LogP) is -2.13. The largest absolute Gasteiger partial charge is 0.480 e. The zero-order chi connectivity index (χ0) is 16.7. The van der Waals surface area contributed by atoms with Gasteiger partial charge in [0.25, 0.3) is 0 Å². The second-order valence-electron chi connectivity index (χ2n) is 4.26. The molecule has 0 aliphatic carbocycles. The molecule has 0 aromatic carbocycles. The summed E-state index contributed by atoms with van der Waals surface area (Å²) < 4.78 is 0. The molecule has 0 bridgehead atoms. The number of hydrogen-bond donors (Lipinski definition) is 9. The van der Waals surface area contributed by atoms with E-state index in [9.17, 15) is 4.79 Å². The number of rotatable bonds is 9. The summed E-state index contributed by atoms with van der Waals surface area (Å²) in [6, 6.07) is -0.821. The predicted molar refractivity (Wildman–Crippen MR) is 83.0 cm³/mol. The molecule has 0 rings (SSSR count). The molecule has 0 aromatic heterocycles. The van der Waals surface area contributed by atoms with Crippen LogP contribution in [0.5, 0.6) is 0 Å². The van der Waals surface area contributed by atoms with Crippen LogP contribution in [0, 0.1) is 10.8 Å². The summed E-state index contributed by atoms with van der Waals surface area (Å²) in [5.41, 5.74) is 20.5. The van der Waals surface area contributed by atoms with Gasteiger partial charge in [-0.2, -0.15) is 0 Å². The molecule has 0 spiro atoms. The van der Waals surface area contributed by atoms with Gasteiger partial charge in [-0.1, -0.05) is 0 Å². The lowest BCUT2D eigenvalue weighted by molar-refractivity contribution is -0.138. The number of hydrogen-bond acceptors (Lipinski definition) is 5. The van der Waals surface area contributed by atoms with Gasteiger partial charge in [-0.15, -0.1) is 0 Å². The van der Waals surface area contributed by atoms with Crippen molar-refractivity contribution >= 4 is 17.9 Å². The molecule has 0 aromatic rings. The molecule has 21 heavy (non-hydrogen) atoms. The minimum absolute atomic E-state index is 0.0343. The Bertz CT molecular complexity index is 311. The van der Waals surface area contributed by atoms with E-state index >= 15 is 0 Å². The van der Waals surface area contributed by atoms with E-state index in [4.69, 9.17) is 38.9 Å². The van der Waals surface area contributed by atoms with Crippen molar-refractivity contribution in [2.45, 2.75) is 31.7 Å². The van der Waals surface area contributed by atoms with Crippen LogP contribution in [0.1, 0.15) is 25.7 Å². The molecule has 0 saturated carbocycles. The maximum absolute atomic E-state index is 10.2. The maximum Gasteiger partial charge on any atom is 0.320 e. The fourth-order valence-corrected chi connectivity index (χ4v) is 1.16. The van der Waals surface area contributed by atoms with Crippen LogP contribution in [0.3, 0.4) is 0 Å².